The fraction of sp³-hybridized carbons (Fsp3) is 0.889. The van der Waals surface area contributed by atoms with Gasteiger partial charge in [0.2, 0.25) is 0 Å². The molecule has 5 nitrogen and oxygen atoms in total. The largest absolute Gasteiger partial charge is 0.511 e. The summed E-state index contributed by atoms with van der Waals surface area (Å²) in [6.45, 7) is 8.65. The van der Waals surface area contributed by atoms with Crippen molar-refractivity contribution in [3.05, 3.63) is 0 Å². The first kappa shape index (κ1) is 11.3. The maximum atomic E-state index is 11.2. The monoisotopic (exact) mass is 204 g/mol. The van der Waals surface area contributed by atoms with Crippen LogP contribution in [0.1, 0.15) is 34.6 Å². The van der Waals surface area contributed by atoms with Crippen LogP contribution in [0, 0.1) is 0 Å². The number of hydrogen-bond donors (Lipinski definition) is 0. The predicted molar refractivity (Wildman–Crippen MR) is 47.4 cm³/mol. The summed E-state index contributed by atoms with van der Waals surface area (Å²) in [6, 6.07) is 0. The molecule has 14 heavy (non-hydrogen) atoms. The van der Waals surface area contributed by atoms with E-state index in [-0.39, 0.29) is 6.10 Å². The number of hydrogen-bond acceptors (Lipinski definition) is 5. The first-order chi connectivity index (χ1) is 6.23. The number of rotatable bonds is 1. The first-order valence-corrected chi connectivity index (χ1v) is 4.49. The van der Waals surface area contributed by atoms with Gasteiger partial charge in [-0.1, -0.05) is 0 Å². The Hall–Kier alpha value is -0.810. The molecule has 2 atom stereocenters. The fourth-order valence-corrected chi connectivity index (χ4v) is 0.816. The molecule has 1 aliphatic heterocycles. The Balaban J connectivity index is 2.41. The minimum atomic E-state index is -1.03. The van der Waals surface area contributed by atoms with Crippen LogP contribution < -0.4 is 0 Å². The summed E-state index contributed by atoms with van der Waals surface area (Å²) in [7, 11) is 0. The molecule has 1 aliphatic rings. The average Bonchev–Trinajstić information content (AvgIpc) is 1.98. The molecule has 2 unspecified atom stereocenters. The maximum Gasteiger partial charge on any atom is 0.511 e. The number of carbonyl (C=O) groups excluding carboxylic acids is 1. The number of carbonyl (C=O) groups is 1. The molecule has 0 aromatic rings. The molecule has 1 rings (SSSR count). The smallest absolute Gasteiger partial charge is 0.428 e. The highest BCUT2D eigenvalue weighted by Crippen LogP contribution is 2.31. The van der Waals surface area contributed by atoms with Crippen molar-refractivity contribution in [1.82, 2.24) is 0 Å². The molecule has 0 aromatic heterocycles. The Morgan fingerprint density at radius 3 is 2.29 bits per heavy atom. The van der Waals surface area contributed by atoms with Crippen LogP contribution in [-0.2, 0) is 19.2 Å². The summed E-state index contributed by atoms with van der Waals surface area (Å²) in [6.07, 6.45) is -1.04. The SMILES string of the molecule is CC1OOC1(C)OC(=O)OC(C)(C)C. The summed E-state index contributed by atoms with van der Waals surface area (Å²) >= 11 is 0. The summed E-state index contributed by atoms with van der Waals surface area (Å²) in [5, 5.41) is 0. The summed E-state index contributed by atoms with van der Waals surface area (Å²) in [5.74, 6) is -1.03. The van der Waals surface area contributed by atoms with Gasteiger partial charge in [-0.3, -0.25) is 0 Å². The Morgan fingerprint density at radius 1 is 1.43 bits per heavy atom. The van der Waals surface area contributed by atoms with Crippen LogP contribution in [-0.4, -0.2) is 23.6 Å². The van der Waals surface area contributed by atoms with Gasteiger partial charge in [-0.2, -0.15) is 4.89 Å². The van der Waals surface area contributed by atoms with Gasteiger partial charge in [-0.25, -0.2) is 9.68 Å². The molecule has 0 bridgehead atoms. The van der Waals surface area contributed by atoms with E-state index in [0.29, 0.717) is 0 Å². The molecule has 0 radical (unpaired) electrons. The highest BCUT2D eigenvalue weighted by atomic mass is 17.3. The molecule has 1 heterocycles. The van der Waals surface area contributed by atoms with Crippen molar-refractivity contribution in [3.8, 4) is 0 Å². The quantitative estimate of drug-likeness (QED) is 0.483. The highest BCUT2D eigenvalue weighted by molar-refractivity contribution is 5.61. The van der Waals surface area contributed by atoms with Gasteiger partial charge in [0.05, 0.1) is 0 Å². The third kappa shape index (κ3) is 2.59. The Labute approximate surface area is 83.2 Å². The van der Waals surface area contributed by atoms with Crippen molar-refractivity contribution in [2.75, 3.05) is 0 Å². The van der Waals surface area contributed by atoms with Crippen molar-refractivity contribution < 1.29 is 24.0 Å². The van der Waals surface area contributed by atoms with E-state index in [9.17, 15) is 4.79 Å². The van der Waals surface area contributed by atoms with Gasteiger partial charge in [0.1, 0.15) is 5.60 Å². The molecule has 0 amide bonds. The zero-order chi connectivity index (χ0) is 11.0. The van der Waals surface area contributed by atoms with Gasteiger partial charge in [0, 0.05) is 6.92 Å². The van der Waals surface area contributed by atoms with Crippen molar-refractivity contribution >= 4 is 6.16 Å². The van der Waals surface area contributed by atoms with Crippen molar-refractivity contribution in [1.29, 1.82) is 0 Å². The standard InChI is InChI=1S/C9H16O5/c1-6-9(5,14-13-6)12-7(10)11-8(2,3)4/h6H,1-5H3. The van der Waals surface area contributed by atoms with E-state index in [1.807, 2.05) is 0 Å². The molecule has 1 fully saturated rings. The van der Waals surface area contributed by atoms with E-state index in [4.69, 9.17) is 14.4 Å². The second-order valence-corrected chi connectivity index (χ2v) is 4.40. The minimum Gasteiger partial charge on any atom is -0.428 e. The summed E-state index contributed by atoms with van der Waals surface area (Å²) < 4.78 is 9.91. The Morgan fingerprint density at radius 2 is 2.00 bits per heavy atom. The first-order valence-electron chi connectivity index (χ1n) is 4.49. The van der Waals surface area contributed by atoms with Gasteiger partial charge >= 0.3 is 6.16 Å². The topological polar surface area (TPSA) is 54.0 Å². The lowest BCUT2D eigenvalue weighted by Gasteiger charge is -2.40. The lowest BCUT2D eigenvalue weighted by Crippen LogP contribution is -2.55. The molecule has 0 aliphatic carbocycles. The van der Waals surface area contributed by atoms with Gasteiger partial charge in [0.15, 0.2) is 6.10 Å². The van der Waals surface area contributed by atoms with Crippen molar-refractivity contribution in [2.24, 2.45) is 0 Å². The highest BCUT2D eigenvalue weighted by Gasteiger charge is 2.49. The zero-order valence-electron chi connectivity index (χ0n) is 9.12. The zero-order valence-corrected chi connectivity index (χ0v) is 9.12. The van der Waals surface area contributed by atoms with E-state index >= 15 is 0 Å². The predicted octanol–water partition coefficient (Wildman–Crippen LogP) is 2.00. The molecule has 5 heteroatoms. The normalized spacial score (nSPS) is 31.9. The second kappa shape index (κ2) is 3.40. The lowest BCUT2D eigenvalue weighted by molar-refractivity contribution is -0.554. The minimum absolute atomic E-state index is 0.282. The van der Waals surface area contributed by atoms with E-state index < -0.39 is 17.5 Å². The Bertz CT molecular complexity index is 232. The third-order valence-electron chi connectivity index (χ3n) is 1.77. The maximum absolute atomic E-state index is 11.2. The second-order valence-electron chi connectivity index (χ2n) is 4.40. The van der Waals surface area contributed by atoms with Gasteiger partial charge < -0.3 is 9.47 Å². The van der Waals surface area contributed by atoms with Crippen LogP contribution in [0.2, 0.25) is 0 Å². The molecule has 1 saturated heterocycles. The molecule has 0 N–H and O–H groups in total. The van der Waals surface area contributed by atoms with Crippen molar-refractivity contribution in [3.63, 3.8) is 0 Å². The van der Waals surface area contributed by atoms with Crippen LogP contribution in [0.15, 0.2) is 0 Å². The van der Waals surface area contributed by atoms with Crippen LogP contribution in [0.25, 0.3) is 0 Å². The number of ether oxygens (including phenoxy) is 2. The average molecular weight is 204 g/mol. The lowest BCUT2D eigenvalue weighted by atomic mass is 10.2. The van der Waals surface area contributed by atoms with E-state index in [1.165, 1.54) is 0 Å². The molecule has 82 valence electrons. The molecule has 0 saturated carbocycles. The van der Waals surface area contributed by atoms with Crippen molar-refractivity contribution in [2.45, 2.75) is 52.1 Å². The Kier molecular flexibility index (Phi) is 2.74. The van der Waals surface area contributed by atoms with Crippen LogP contribution in [0.5, 0.6) is 0 Å². The fourth-order valence-electron chi connectivity index (χ4n) is 0.816. The van der Waals surface area contributed by atoms with Crippen LogP contribution >= 0.6 is 0 Å². The van der Waals surface area contributed by atoms with Gasteiger partial charge in [0.25, 0.3) is 5.79 Å². The molecular formula is C9H16O5. The summed E-state index contributed by atoms with van der Waals surface area (Å²) in [5.41, 5.74) is -0.568. The van der Waals surface area contributed by atoms with Gasteiger partial charge in [-0.05, 0) is 27.7 Å². The van der Waals surface area contributed by atoms with E-state index in [0.717, 1.165) is 0 Å². The van der Waals surface area contributed by atoms with Crippen LogP contribution in [0.4, 0.5) is 4.79 Å². The molecular weight excluding hydrogens is 188 g/mol. The van der Waals surface area contributed by atoms with Crippen LogP contribution in [0.3, 0.4) is 0 Å². The molecule has 0 spiro atoms. The summed E-state index contributed by atoms with van der Waals surface area (Å²) in [4.78, 5) is 20.6. The van der Waals surface area contributed by atoms with E-state index in [2.05, 4.69) is 4.89 Å². The van der Waals surface area contributed by atoms with E-state index in [1.54, 1.807) is 34.6 Å². The third-order valence-corrected chi connectivity index (χ3v) is 1.77. The van der Waals surface area contributed by atoms with Gasteiger partial charge in [-0.15, -0.1) is 0 Å². The molecule has 0 aromatic carbocycles.